The Labute approximate surface area is 77.4 Å². The first kappa shape index (κ1) is 10.5. The molecular weight excluding hydrogens is 194 g/mol. The number of carboxylic acids is 1. The maximum Gasteiger partial charge on any atom is 0.320 e. The number of aliphatic carboxylic acids is 1. The van der Waals surface area contributed by atoms with Crippen molar-refractivity contribution in [3.8, 4) is 0 Å². The molecule has 6 heteroatoms. The van der Waals surface area contributed by atoms with Crippen LogP contribution in [0.2, 0.25) is 0 Å². The first-order chi connectivity index (χ1) is 5.92. The molecule has 0 radical (unpaired) electrons. The fourth-order valence-electron chi connectivity index (χ4n) is 1.04. The van der Waals surface area contributed by atoms with Crippen LogP contribution in [0.4, 0.5) is 0 Å². The highest BCUT2D eigenvalue weighted by Crippen LogP contribution is 2.29. The van der Waals surface area contributed by atoms with E-state index in [4.69, 9.17) is 5.11 Å². The van der Waals surface area contributed by atoms with Crippen LogP contribution in [0, 0.1) is 5.92 Å². The third-order valence-corrected chi connectivity index (χ3v) is 3.70. The SMILES string of the molecule is CN(CC1CC1)S(=O)(=O)CC(=O)O. The van der Waals surface area contributed by atoms with Gasteiger partial charge in [-0.1, -0.05) is 0 Å². The number of hydrogen-bond donors (Lipinski definition) is 1. The molecule has 0 spiro atoms. The Hall–Kier alpha value is -0.620. The zero-order valence-corrected chi connectivity index (χ0v) is 8.25. The molecule has 0 aromatic heterocycles. The summed E-state index contributed by atoms with van der Waals surface area (Å²) in [5.41, 5.74) is 0. The zero-order chi connectivity index (χ0) is 10.1. The molecule has 5 nitrogen and oxygen atoms in total. The number of hydrogen-bond acceptors (Lipinski definition) is 3. The average molecular weight is 207 g/mol. The van der Waals surface area contributed by atoms with Gasteiger partial charge >= 0.3 is 5.97 Å². The van der Waals surface area contributed by atoms with Gasteiger partial charge in [-0.2, -0.15) is 0 Å². The van der Waals surface area contributed by atoms with Crippen LogP contribution in [0.1, 0.15) is 12.8 Å². The largest absolute Gasteiger partial charge is 0.480 e. The van der Waals surface area contributed by atoms with Crippen LogP contribution in [-0.2, 0) is 14.8 Å². The van der Waals surface area contributed by atoms with E-state index in [1.165, 1.54) is 7.05 Å². The first-order valence-corrected chi connectivity index (χ1v) is 5.68. The lowest BCUT2D eigenvalue weighted by Crippen LogP contribution is -2.33. The molecule has 76 valence electrons. The van der Waals surface area contributed by atoms with E-state index >= 15 is 0 Å². The van der Waals surface area contributed by atoms with Gasteiger partial charge in [-0.25, -0.2) is 12.7 Å². The van der Waals surface area contributed by atoms with Gasteiger partial charge in [0.1, 0.15) is 0 Å². The second kappa shape index (κ2) is 3.63. The summed E-state index contributed by atoms with van der Waals surface area (Å²) >= 11 is 0. The highest BCUT2D eigenvalue weighted by atomic mass is 32.2. The van der Waals surface area contributed by atoms with Crippen molar-refractivity contribution < 1.29 is 18.3 Å². The van der Waals surface area contributed by atoms with Crippen molar-refractivity contribution in [3.63, 3.8) is 0 Å². The van der Waals surface area contributed by atoms with E-state index in [0.29, 0.717) is 12.5 Å². The molecule has 0 unspecified atom stereocenters. The van der Waals surface area contributed by atoms with Gasteiger partial charge in [0.25, 0.3) is 0 Å². The molecule has 1 aliphatic carbocycles. The van der Waals surface area contributed by atoms with Crippen LogP contribution in [0.3, 0.4) is 0 Å². The molecule has 1 fully saturated rings. The predicted molar refractivity (Wildman–Crippen MR) is 46.8 cm³/mol. The summed E-state index contributed by atoms with van der Waals surface area (Å²) in [6, 6.07) is 0. The average Bonchev–Trinajstić information content (AvgIpc) is 2.68. The fraction of sp³-hybridized carbons (Fsp3) is 0.857. The maximum atomic E-state index is 11.2. The number of rotatable bonds is 5. The molecule has 0 saturated heterocycles. The third-order valence-electron chi connectivity index (χ3n) is 1.99. The highest BCUT2D eigenvalue weighted by Gasteiger charge is 2.29. The number of nitrogens with zero attached hydrogens (tertiary/aromatic N) is 1. The predicted octanol–water partition coefficient (Wildman–Crippen LogP) is -0.257. The van der Waals surface area contributed by atoms with E-state index in [1.807, 2.05) is 0 Å². The smallest absolute Gasteiger partial charge is 0.320 e. The zero-order valence-electron chi connectivity index (χ0n) is 7.43. The van der Waals surface area contributed by atoms with Crippen LogP contribution < -0.4 is 0 Å². The monoisotopic (exact) mass is 207 g/mol. The van der Waals surface area contributed by atoms with Crippen LogP contribution in [-0.4, -0.2) is 43.1 Å². The Morgan fingerprint density at radius 2 is 2.08 bits per heavy atom. The van der Waals surface area contributed by atoms with Gasteiger partial charge in [0.15, 0.2) is 5.75 Å². The molecule has 13 heavy (non-hydrogen) atoms. The van der Waals surface area contributed by atoms with Gasteiger partial charge < -0.3 is 5.11 Å². The Morgan fingerprint density at radius 3 is 2.46 bits per heavy atom. The fourth-order valence-corrected chi connectivity index (χ4v) is 2.01. The van der Waals surface area contributed by atoms with E-state index < -0.39 is 21.7 Å². The van der Waals surface area contributed by atoms with Gasteiger partial charge in [0.05, 0.1) is 0 Å². The molecule has 0 aromatic carbocycles. The molecule has 0 aliphatic heterocycles. The molecular formula is C7H13NO4S. The molecule has 1 N–H and O–H groups in total. The molecule has 0 amide bonds. The Kier molecular flexibility index (Phi) is 2.92. The van der Waals surface area contributed by atoms with Crippen molar-refractivity contribution in [1.29, 1.82) is 0 Å². The Morgan fingerprint density at radius 1 is 1.54 bits per heavy atom. The highest BCUT2D eigenvalue weighted by molar-refractivity contribution is 7.89. The second-order valence-corrected chi connectivity index (χ2v) is 5.45. The van der Waals surface area contributed by atoms with Gasteiger partial charge in [-0.05, 0) is 18.8 Å². The third kappa shape index (κ3) is 3.31. The van der Waals surface area contributed by atoms with Crippen LogP contribution in [0.15, 0.2) is 0 Å². The number of sulfonamides is 1. The van der Waals surface area contributed by atoms with E-state index in [-0.39, 0.29) is 0 Å². The van der Waals surface area contributed by atoms with E-state index in [9.17, 15) is 13.2 Å². The van der Waals surface area contributed by atoms with Crippen molar-refractivity contribution >= 4 is 16.0 Å². The second-order valence-electron chi connectivity index (χ2n) is 3.37. The van der Waals surface area contributed by atoms with E-state index in [1.54, 1.807) is 0 Å². The normalized spacial score (nSPS) is 17.7. The maximum absolute atomic E-state index is 11.2. The van der Waals surface area contributed by atoms with Crippen LogP contribution in [0.25, 0.3) is 0 Å². The van der Waals surface area contributed by atoms with Crippen LogP contribution in [0.5, 0.6) is 0 Å². The first-order valence-electron chi connectivity index (χ1n) is 4.07. The standard InChI is InChI=1S/C7H13NO4S/c1-8(4-6-2-3-6)13(11,12)5-7(9)10/h6H,2-5H2,1H3,(H,9,10). The summed E-state index contributed by atoms with van der Waals surface area (Å²) in [5, 5.41) is 8.34. The van der Waals surface area contributed by atoms with E-state index in [0.717, 1.165) is 17.1 Å². The molecule has 0 bridgehead atoms. The van der Waals surface area contributed by atoms with Gasteiger partial charge in [0.2, 0.25) is 10.0 Å². The lowest BCUT2D eigenvalue weighted by atomic mass is 10.4. The quantitative estimate of drug-likeness (QED) is 0.674. The molecule has 1 aliphatic rings. The topological polar surface area (TPSA) is 74.7 Å². The number of carboxylic acid groups (broad SMARTS) is 1. The summed E-state index contributed by atoms with van der Waals surface area (Å²) in [4.78, 5) is 10.2. The lowest BCUT2D eigenvalue weighted by Gasteiger charge is -2.14. The van der Waals surface area contributed by atoms with Crippen molar-refractivity contribution in [1.82, 2.24) is 4.31 Å². The molecule has 0 heterocycles. The molecule has 0 aromatic rings. The van der Waals surface area contributed by atoms with Gasteiger partial charge in [-0.15, -0.1) is 0 Å². The molecule has 1 saturated carbocycles. The van der Waals surface area contributed by atoms with E-state index in [2.05, 4.69) is 0 Å². The Bertz CT molecular complexity index is 294. The Balaban J connectivity index is 2.50. The van der Waals surface area contributed by atoms with Crippen molar-refractivity contribution in [2.75, 3.05) is 19.3 Å². The summed E-state index contributed by atoms with van der Waals surface area (Å²) < 4.78 is 23.6. The summed E-state index contributed by atoms with van der Waals surface area (Å²) in [5.74, 6) is -1.67. The van der Waals surface area contributed by atoms with Crippen molar-refractivity contribution in [3.05, 3.63) is 0 Å². The summed E-state index contributed by atoms with van der Waals surface area (Å²) in [7, 11) is -2.15. The van der Waals surface area contributed by atoms with Crippen molar-refractivity contribution in [2.24, 2.45) is 5.92 Å². The van der Waals surface area contributed by atoms with Gasteiger partial charge in [0, 0.05) is 13.6 Å². The lowest BCUT2D eigenvalue weighted by molar-refractivity contribution is -0.134. The minimum Gasteiger partial charge on any atom is -0.480 e. The van der Waals surface area contributed by atoms with Crippen molar-refractivity contribution in [2.45, 2.75) is 12.8 Å². The van der Waals surface area contributed by atoms with Crippen LogP contribution >= 0.6 is 0 Å². The molecule has 1 rings (SSSR count). The van der Waals surface area contributed by atoms with Gasteiger partial charge in [-0.3, -0.25) is 4.79 Å². The minimum absolute atomic E-state index is 0.438. The minimum atomic E-state index is -3.58. The summed E-state index contributed by atoms with van der Waals surface area (Å²) in [6.45, 7) is 0.454. The molecule has 0 atom stereocenters. The summed E-state index contributed by atoms with van der Waals surface area (Å²) in [6.07, 6.45) is 2.10. The number of carbonyl (C=O) groups is 1.